The Kier molecular flexibility index (Phi) is 7.05. The molecule has 8 heteroatoms. The SMILES string of the molecule is CCN(CC)CCN(C(=O)c1cc(Cl)ccc1OC)c1nc2c(F)cccc2s1. The van der Waals surface area contributed by atoms with E-state index in [2.05, 4.69) is 23.7 Å². The molecule has 3 rings (SSSR count). The Morgan fingerprint density at radius 3 is 2.62 bits per heavy atom. The summed E-state index contributed by atoms with van der Waals surface area (Å²) >= 11 is 7.42. The van der Waals surface area contributed by atoms with Crippen molar-refractivity contribution in [3.8, 4) is 5.75 Å². The third kappa shape index (κ3) is 4.69. The molecule has 0 saturated carbocycles. The number of aromatic nitrogens is 1. The topological polar surface area (TPSA) is 45.7 Å². The van der Waals surface area contributed by atoms with E-state index >= 15 is 0 Å². The van der Waals surface area contributed by atoms with Gasteiger partial charge in [0.25, 0.3) is 5.91 Å². The molecule has 3 aromatic rings. The van der Waals surface area contributed by atoms with Crippen molar-refractivity contribution in [2.45, 2.75) is 13.8 Å². The number of methoxy groups -OCH3 is 1. The van der Waals surface area contributed by atoms with Crippen LogP contribution in [0.4, 0.5) is 9.52 Å². The number of thiazole rings is 1. The highest BCUT2D eigenvalue weighted by Gasteiger charge is 2.25. The van der Waals surface area contributed by atoms with E-state index in [1.54, 1.807) is 35.2 Å². The summed E-state index contributed by atoms with van der Waals surface area (Å²) in [5, 5.41) is 0.887. The number of nitrogens with zero attached hydrogens (tertiary/aromatic N) is 3. The van der Waals surface area contributed by atoms with Gasteiger partial charge in [-0.3, -0.25) is 9.69 Å². The molecule has 2 aromatic carbocycles. The van der Waals surface area contributed by atoms with Crippen molar-refractivity contribution in [2.24, 2.45) is 0 Å². The van der Waals surface area contributed by atoms with Crippen LogP contribution in [0.1, 0.15) is 24.2 Å². The van der Waals surface area contributed by atoms with Crippen LogP contribution >= 0.6 is 22.9 Å². The second-order valence-electron chi connectivity index (χ2n) is 6.41. The summed E-state index contributed by atoms with van der Waals surface area (Å²) in [5.74, 6) is -0.253. The van der Waals surface area contributed by atoms with Crippen LogP contribution in [0.15, 0.2) is 36.4 Å². The maximum absolute atomic E-state index is 14.2. The number of ether oxygens (including phenoxy) is 1. The zero-order chi connectivity index (χ0) is 21.0. The first-order valence-electron chi connectivity index (χ1n) is 9.41. The molecule has 0 atom stereocenters. The number of carbonyl (C=O) groups excluding carboxylic acids is 1. The van der Waals surface area contributed by atoms with E-state index in [0.717, 1.165) is 13.1 Å². The van der Waals surface area contributed by atoms with Gasteiger partial charge in [-0.25, -0.2) is 9.37 Å². The molecule has 0 fully saturated rings. The Labute approximate surface area is 178 Å². The van der Waals surface area contributed by atoms with Crippen molar-refractivity contribution in [1.29, 1.82) is 0 Å². The Bertz CT molecular complexity index is 1010. The number of fused-ring (bicyclic) bond motifs is 1. The number of rotatable bonds is 8. The molecule has 0 radical (unpaired) electrons. The fourth-order valence-electron chi connectivity index (χ4n) is 3.08. The lowest BCUT2D eigenvalue weighted by atomic mass is 10.1. The lowest BCUT2D eigenvalue weighted by Gasteiger charge is -2.25. The number of likely N-dealkylation sites (N-methyl/N-ethyl adjacent to an activating group) is 1. The van der Waals surface area contributed by atoms with Gasteiger partial charge in [0.15, 0.2) is 5.13 Å². The second kappa shape index (κ2) is 9.52. The quantitative estimate of drug-likeness (QED) is 0.494. The monoisotopic (exact) mass is 435 g/mol. The molecule has 0 spiro atoms. The van der Waals surface area contributed by atoms with E-state index in [0.29, 0.717) is 39.3 Å². The molecule has 0 saturated heterocycles. The van der Waals surface area contributed by atoms with Gasteiger partial charge in [0.05, 0.1) is 17.4 Å². The van der Waals surface area contributed by atoms with Gasteiger partial charge in [0, 0.05) is 18.1 Å². The van der Waals surface area contributed by atoms with Gasteiger partial charge >= 0.3 is 0 Å². The van der Waals surface area contributed by atoms with Gasteiger partial charge in [0.2, 0.25) is 0 Å². The van der Waals surface area contributed by atoms with Crippen LogP contribution in [-0.2, 0) is 0 Å². The molecule has 0 aliphatic heterocycles. The standard InChI is InChI=1S/C21H23ClFN3O2S/c1-4-25(5-2)11-12-26(20(27)15-13-14(22)9-10-17(15)28-3)21-24-19-16(23)7-6-8-18(19)29-21/h6-10,13H,4-5,11-12H2,1-3H3. The summed E-state index contributed by atoms with van der Waals surface area (Å²) in [6.07, 6.45) is 0. The highest BCUT2D eigenvalue weighted by Crippen LogP contribution is 2.32. The highest BCUT2D eigenvalue weighted by atomic mass is 35.5. The molecule has 1 heterocycles. The normalized spacial score (nSPS) is 11.2. The minimum absolute atomic E-state index is 0.270. The van der Waals surface area contributed by atoms with Crippen LogP contribution in [0.2, 0.25) is 5.02 Å². The number of halogens is 2. The molecule has 5 nitrogen and oxygen atoms in total. The van der Waals surface area contributed by atoms with Crippen molar-refractivity contribution >= 4 is 44.2 Å². The molecular formula is C21H23ClFN3O2S. The van der Waals surface area contributed by atoms with Crippen molar-refractivity contribution in [1.82, 2.24) is 9.88 Å². The first-order chi connectivity index (χ1) is 14.0. The summed E-state index contributed by atoms with van der Waals surface area (Å²) in [5.41, 5.74) is 0.616. The lowest BCUT2D eigenvalue weighted by Crippen LogP contribution is -2.39. The Morgan fingerprint density at radius 1 is 1.21 bits per heavy atom. The molecule has 29 heavy (non-hydrogen) atoms. The van der Waals surface area contributed by atoms with Gasteiger partial charge < -0.3 is 9.64 Å². The molecule has 154 valence electrons. The van der Waals surface area contributed by atoms with Gasteiger partial charge in [0.1, 0.15) is 17.1 Å². The smallest absolute Gasteiger partial charge is 0.263 e. The fraction of sp³-hybridized carbons (Fsp3) is 0.333. The van der Waals surface area contributed by atoms with Gasteiger partial charge in [-0.05, 0) is 43.4 Å². The van der Waals surface area contributed by atoms with Crippen LogP contribution in [0, 0.1) is 5.82 Å². The average molecular weight is 436 g/mol. The van der Waals surface area contributed by atoms with Gasteiger partial charge in [-0.1, -0.05) is 42.9 Å². The highest BCUT2D eigenvalue weighted by molar-refractivity contribution is 7.22. The summed E-state index contributed by atoms with van der Waals surface area (Å²) in [6.45, 7) is 6.96. The maximum atomic E-state index is 14.2. The first kappa shape index (κ1) is 21.5. The Morgan fingerprint density at radius 2 is 1.97 bits per heavy atom. The third-order valence-electron chi connectivity index (χ3n) is 4.76. The predicted molar refractivity (Wildman–Crippen MR) is 117 cm³/mol. The molecule has 0 unspecified atom stereocenters. The number of anilines is 1. The molecule has 0 bridgehead atoms. The van der Waals surface area contributed by atoms with E-state index in [1.807, 2.05) is 0 Å². The van der Waals surface area contributed by atoms with Gasteiger partial charge in [-0.15, -0.1) is 0 Å². The fourth-order valence-corrected chi connectivity index (χ4v) is 4.25. The zero-order valence-corrected chi connectivity index (χ0v) is 18.2. The van der Waals surface area contributed by atoms with E-state index in [4.69, 9.17) is 16.3 Å². The molecule has 0 aliphatic carbocycles. The van der Waals surface area contributed by atoms with Crippen molar-refractivity contribution in [2.75, 3.05) is 38.2 Å². The van der Waals surface area contributed by atoms with Crippen LogP contribution in [0.25, 0.3) is 10.2 Å². The van der Waals surface area contributed by atoms with Gasteiger partial charge in [-0.2, -0.15) is 0 Å². The third-order valence-corrected chi connectivity index (χ3v) is 6.04. The zero-order valence-electron chi connectivity index (χ0n) is 16.6. The minimum Gasteiger partial charge on any atom is -0.496 e. The van der Waals surface area contributed by atoms with E-state index in [1.165, 1.54) is 24.5 Å². The minimum atomic E-state index is -0.401. The average Bonchev–Trinajstić information content (AvgIpc) is 3.16. The molecular weight excluding hydrogens is 413 g/mol. The molecule has 0 N–H and O–H groups in total. The van der Waals surface area contributed by atoms with Crippen molar-refractivity contribution < 1.29 is 13.9 Å². The van der Waals surface area contributed by atoms with E-state index in [-0.39, 0.29) is 11.4 Å². The summed E-state index contributed by atoms with van der Waals surface area (Å²) in [7, 11) is 1.51. The lowest BCUT2D eigenvalue weighted by molar-refractivity contribution is 0.0981. The summed E-state index contributed by atoms with van der Waals surface area (Å²) in [4.78, 5) is 21.7. The Hall–Kier alpha value is -2.22. The predicted octanol–water partition coefficient (Wildman–Crippen LogP) is 5.09. The van der Waals surface area contributed by atoms with Crippen LogP contribution in [0.5, 0.6) is 5.75 Å². The summed E-state index contributed by atoms with van der Waals surface area (Å²) < 4.78 is 20.2. The molecule has 0 aliphatic rings. The first-order valence-corrected chi connectivity index (χ1v) is 10.6. The number of carbonyl (C=O) groups is 1. The largest absolute Gasteiger partial charge is 0.496 e. The maximum Gasteiger partial charge on any atom is 0.263 e. The molecule has 1 aromatic heterocycles. The summed E-state index contributed by atoms with van der Waals surface area (Å²) in [6, 6.07) is 9.73. The van der Waals surface area contributed by atoms with Crippen LogP contribution in [-0.4, -0.2) is 49.1 Å². The van der Waals surface area contributed by atoms with Crippen molar-refractivity contribution in [3.63, 3.8) is 0 Å². The van der Waals surface area contributed by atoms with E-state index < -0.39 is 5.82 Å². The number of para-hydroxylation sites is 1. The van der Waals surface area contributed by atoms with Crippen LogP contribution in [0.3, 0.4) is 0 Å². The van der Waals surface area contributed by atoms with Crippen LogP contribution < -0.4 is 9.64 Å². The number of benzene rings is 2. The Balaban J connectivity index is 2.03. The van der Waals surface area contributed by atoms with E-state index in [9.17, 15) is 9.18 Å². The number of hydrogen-bond donors (Lipinski definition) is 0. The van der Waals surface area contributed by atoms with Crippen molar-refractivity contribution in [3.05, 3.63) is 52.8 Å². The number of hydrogen-bond acceptors (Lipinski definition) is 5. The second-order valence-corrected chi connectivity index (χ2v) is 7.86. The number of amides is 1. The molecule has 1 amide bonds.